The molecule has 0 spiro atoms. The third kappa shape index (κ3) is 2.54. The lowest BCUT2D eigenvalue weighted by Crippen LogP contribution is -2.31. The molecule has 1 aromatic heterocycles. The fourth-order valence-corrected chi connectivity index (χ4v) is 2.78. The molecule has 0 aliphatic heterocycles. The summed E-state index contributed by atoms with van der Waals surface area (Å²) in [6.45, 7) is 5.11. The number of rotatable bonds is 5. The Hall–Kier alpha value is -1.39. The van der Waals surface area contributed by atoms with Crippen LogP contribution in [0, 0.1) is 11.3 Å². The average molecular weight is 251 g/mol. The van der Waals surface area contributed by atoms with Crippen LogP contribution in [0.4, 0.5) is 0 Å². The topological polar surface area (TPSA) is 68.0 Å². The van der Waals surface area contributed by atoms with Crippen molar-refractivity contribution in [2.24, 2.45) is 11.3 Å². The van der Waals surface area contributed by atoms with Crippen molar-refractivity contribution in [3.05, 3.63) is 12.2 Å². The first-order chi connectivity index (χ1) is 8.53. The first kappa shape index (κ1) is 13.1. The van der Waals surface area contributed by atoms with E-state index in [-0.39, 0.29) is 0 Å². The molecular formula is C13H21N3O2. The zero-order valence-electron chi connectivity index (χ0n) is 11.1. The van der Waals surface area contributed by atoms with E-state index in [1.54, 1.807) is 6.33 Å². The van der Waals surface area contributed by atoms with Gasteiger partial charge in [-0.25, -0.2) is 0 Å². The number of aliphatic carboxylic acids is 1. The Morgan fingerprint density at radius 1 is 1.50 bits per heavy atom. The predicted molar refractivity (Wildman–Crippen MR) is 67.1 cm³/mol. The summed E-state index contributed by atoms with van der Waals surface area (Å²) in [5, 5.41) is 17.5. The van der Waals surface area contributed by atoms with Crippen molar-refractivity contribution in [3.8, 4) is 0 Å². The number of hydrogen-bond acceptors (Lipinski definition) is 3. The molecule has 0 unspecified atom stereocenters. The van der Waals surface area contributed by atoms with E-state index in [1.807, 2.05) is 4.57 Å². The number of hydrogen-bond donors (Lipinski definition) is 1. The van der Waals surface area contributed by atoms with Crippen molar-refractivity contribution in [1.82, 2.24) is 14.8 Å². The molecule has 0 atom stereocenters. The molecule has 0 radical (unpaired) electrons. The van der Waals surface area contributed by atoms with E-state index in [0.29, 0.717) is 12.3 Å². The van der Waals surface area contributed by atoms with Crippen LogP contribution in [0.1, 0.15) is 45.4 Å². The lowest BCUT2D eigenvalue weighted by atomic mass is 9.82. The number of carboxylic acids is 1. The standard InChI is InChI=1S/C13H21N3O2/c1-10(2)8-16-9-14-15-11(16)7-13(12(17)18)5-3-4-6-13/h9-10H,3-8H2,1-2H3,(H,17,18). The van der Waals surface area contributed by atoms with Crippen LogP contribution >= 0.6 is 0 Å². The van der Waals surface area contributed by atoms with Crippen LogP contribution in [0.15, 0.2) is 6.33 Å². The molecule has 1 fully saturated rings. The minimum Gasteiger partial charge on any atom is -0.481 e. The van der Waals surface area contributed by atoms with E-state index in [1.165, 1.54) is 0 Å². The molecule has 1 aromatic rings. The summed E-state index contributed by atoms with van der Waals surface area (Å²) in [7, 11) is 0. The van der Waals surface area contributed by atoms with Gasteiger partial charge < -0.3 is 9.67 Å². The van der Waals surface area contributed by atoms with Gasteiger partial charge in [0.05, 0.1) is 5.41 Å². The van der Waals surface area contributed by atoms with Gasteiger partial charge in [0, 0.05) is 13.0 Å². The fourth-order valence-electron chi connectivity index (χ4n) is 2.78. The highest BCUT2D eigenvalue weighted by molar-refractivity contribution is 5.75. The van der Waals surface area contributed by atoms with Crippen LogP contribution in [0.5, 0.6) is 0 Å². The van der Waals surface area contributed by atoms with Gasteiger partial charge in [0.25, 0.3) is 0 Å². The van der Waals surface area contributed by atoms with Crippen LogP contribution in [-0.4, -0.2) is 25.8 Å². The molecule has 1 heterocycles. The van der Waals surface area contributed by atoms with E-state index < -0.39 is 11.4 Å². The zero-order valence-corrected chi connectivity index (χ0v) is 11.1. The van der Waals surface area contributed by atoms with Crippen LogP contribution in [0.25, 0.3) is 0 Å². The van der Waals surface area contributed by atoms with Crippen LogP contribution in [0.2, 0.25) is 0 Å². The van der Waals surface area contributed by atoms with E-state index in [2.05, 4.69) is 24.0 Å². The van der Waals surface area contributed by atoms with E-state index in [0.717, 1.165) is 38.1 Å². The van der Waals surface area contributed by atoms with Gasteiger partial charge in [0.2, 0.25) is 0 Å². The summed E-state index contributed by atoms with van der Waals surface area (Å²) >= 11 is 0. The number of aromatic nitrogens is 3. The fraction of sp³-hybridized carbons (Fsp3) is 0.769. The highest BCUT2D eigenvalue weighted by Crippen LogP contribution is 2.40. The monoisotopic (exact) mass is 251 g/mol. The van der Waals surface area contributed by atoms with Gasteiger partial charge in [-0.2, -0.15) is 0 Å². The molecule has 2 rings (SSSR count). The van der Waals surface area contributed by atoms with Gasteiger partial charge in [-0.05, 0) is 18.8 Å². The first-order valence-corrected chi connectivity index (χ1v) is 6.63. The molecule has 0 bridgehead atoms. The van der Waals surface area contributed by atoms with Crippen molar-refractivity contribution >= 4 is 5.97 Å². The number of nitrogens with zero attached hydrogens (tertiary/aromatic N) is 3. The summed E-state index contributed by atoms with van der Waals surface area (Å²) in [5.41, 5.74) is -0.609. The summed E-state index contributed by atoms with van der Waals surface area (Å²) in [6.07, 6.45) is 5.75. The smallest absolute Gasteiger partial charge is 0.310 e. The van der Waals surface area contributed by atoms with Crippen molar-refractivity contribution in [3.63, 3.8) is 0 Å². The molecule has 1 N–H and O–H groups in total. The molecule has 5 nitrogen and oxygen atoms in total. The molecule has 1 saturated carbocycles. The van der Waals surface area contributed by atoms with Crippen LogP contribution in [0.3, 0.4) is 0 Å². The average Bonchev–Trinajstić information content (AvgIpc) is 2.89. The molecule has 100 valence electrons. The van der Waals surface area contributed by atoms with Gasteiger partial charge in [0.15, 0.2) is 0 Å². The SMILES string of the molecule is CC(C)Cn1cnnc1CC1(C(=O)O)CCCC1. The highest BCUT2D eigenvalue weighted by atomic mass is 16.4. The Balaban J connectivity index is 2.17. The molecule has 0 amide bonds. The van der Waals surface area contributed by atoms with Gasteiger partial charge in [-0.15, -0.1) is 10.2 Å². The second-order valence-corrected chi connectivity index (χ2v) is 5.76. The van der Waals surface area contributed by atoms with Crippen molar-refractivity contribution < 1.29 is 9.90 Å². The van der Waals surface area contributed by atoms with Gasteiger partial charge in [0.1, 0.15) is 12.2 Å². The largest absolute Gasteiger partial charge is 0.481 e. The van der Waals surface area contributed by atoms with Crippen LogP contribution < -0.4 is 0 Å². The van der Waals surface area contributed by atoms with E-state index in [4.69, 9.17) is 0 Å². The third-order valence-electron chi connectivity index (χ3n) is 3.77. The van der Waals surface area contributed by atoms with Crippen molar-refractivity contribution in [1.29, 1.82) is 0 Å². The maximum absolute atomic E-state index is 11.5. The molecule has 1 aliphatic carbocycles. The summed E-state index contributed by atoms with van der Waals surface area (Å²) in [6, 6.07) is 0. The minimum atomic E-state index is -0.681. The number of carbonyl (C=O) groups is 1. The van der Waals surface area contributed by atoms with Gasteiger partial charge in [-0.1, -0.05) is 26.7 Å². The lowest BCUT2D eigenvalue weighted by molar-refractivity contribution is -0.148. The molecule has 1 aliphatic rings. The number of carboxylic acid groups (broad SMARTS) is 1. The Labute approximate surface area is 107 Å². The normalized spacial score (nSPS) is 18.4. The molecule has 0 saturated heterocycles. The van der Waals surface area contributed by atoms with Gasteiger partial charge in [-0.3, -0.25) is 4.79 Å². The van der Waals surface area contributed by atoms with Gasteiger partial charge >= 0.3 is 5.97 Å². The Kier molecular flexibility index (Phi) is 3.68. The maximum atomic E-state index is 11.5. The quantitative estimate of drug-likeness (QED) is 0.870. The zero-order chi connectivity index (χ0) is 13.2. The predicted octanol–water partition coefficient (Wildman–Crippen LogP) is 2.12. The Morgan fingerprint density at radius 3 is 2.72 bits per heavy atom. The van der Waals surface area contributed by atoms with E-state index >= 15 is 0 Å². The molecule has 18 heavy (non-hydrogen) atoms. The van der Waals surface area contributed by atoms with Crippen molar-refractivity contribution in [2.45, 2.75) is 52.5 Å². The summed E-state index contributed by atoms with van der Waals surface area (Å²) < 4.78 is 1.99. The lowest BCUT2D eigenvalue weighted by Gasteiger charge is -2.23. The third-order valence-corrected chi connectivity index (χ3v) is 3.77. The van der Waals surface area contributed by atoms with Crippen molar-refractivity contribution in [2.75, 3.05) is 0 Å². The highest BCUT2D eigenvalue weighted by Gasteiger charge is 2.42. The summed E-state index contributed by atoms with van der Waals surface area (Å²) in [5.74, 6) is 0.635. The van der Waals surface area contributed by atoms with E-state index in [9.17, 15) is 9.90 Å². The Bertz CT molecular complexity index is 420. The summed E-state index contributed by atoms with van der Waals surface area (Å²) in [4.78, 5) is 11.5. The molecular weight excluding hydrogens is 230 g/mol. The molecule has 0 aromatic carbocycles. The second kappa shape index (κ2) is 5.08. The minimum absolute atomic E-state index is 0.504. The van der Waals surface area contributed by atoms with Crippen LogP contribution in [-0.2, 0) is 17.8 Å². The maximum Gasteiger partial charge on any atom is 0.310 e. The first-order valence-electron chi connectivity index (χ1n) is 6.63. The second-order valence-electron chi connectivity index (χ2n) is 5.76. The Morgan fingerprint density at radius 2 is 2.17 bits per heavy atom. The molecule has 5 heteroatoms.